The predicted octanol–water partition coefficient (Wildman–Crippen LogP) is 5.68. The average molecular weight is 230 g/mol. The van der Waals surface area contributed by atoms with Gasteiger partial charge < -0.3 is 0 Å². The molecule has 0 heterocycles. The molecule has 0 aliphatic rings. The highest BCUT2D eigenvalue weighted by molar-refractivity contribution is 5.64. The first-order valence-electron chi connectivity index (χ1n) is 6.90. The van der Waals surface area contributed by atoms with Gasteiger partial charge in [-0.3, -0.25) is 0 Å². The largest absolute Gasteiger partial charge is 0.0952 e. The van der Waals surface area contributed by atoms with Gasteiger partial charge in [0.25, 0.3) is 0 Å². The molecule has 0 unspecified atom stereocenters. The summed E-state index contributed by atoms with van der Waals surface area (Å²) >= 11 is 0. The smallest absolute Gasteiger partial charge is 0.0228 e. The van der Waals surface area contributed by atoms with Crippen molar-refractivity contribution in [3.8, 4) is 0 Å². The summed E-state index contributed by atoms with van der Waals surface area (Å²) in [5, 5.41) is 0. The Labute approximate surface area is 107 Å². The summed E-state index contributed by atoms with van der Waals surface area (Å²) < 4.78 is 0. The first-order chi connectivity index (χ1) is 8.15. The van der Waals surface area contributed by atoms with E-state index in [1.165, 1.54) is 54.4 Å². The third-order valence-electron chi connectivity index (χ3n) is 3.50. The second-order valence-corrected chi connectivity index (χ2v) is 5.07. The quantitative estimate of drug-likeness (QED) is 0.529. The van der Waals surface area contributed by atoms with Gasteiger partial charge in [0.15, 0.2) is 0 Å². The lowest BCUT2D eigenvalue weighted by Crippen LogP contribution is -1.88. The van der Waals surface area contributed by atoms with Crippen LogP contribution in [0.1, 0.15) is 62.1 Å². The Morgan fingerprint density at radius 2 is 1.71 bits per heavy atom. The van der Waals surface area contributed by atoms with Crippen LogP contribution in [0.25, 0.3) is 5.57 Å². The highest BCUT2D eigenvalue weighted by Gasteiger charge is 2.01. The van der Waals surface area contributed by atoms with Crippen molar-refractivity contribution >= 4 is 5.57 Å². The molecule has 0 aliphatic heterocycles. The summed E-state index contributed by atoms with van der Waals surface area (Å²) in [6.07, 6.45) is 7.83. The van der Waals surface area contributed by atoms with E-state index in [4.69, 9.17) is 0 Å². The Morgan fingerprint density at radius 1 is 1.00 bits per heavy atom. The summed E-state index contributed by atoms with van der Waals surface area (Å²) in [6.45, 7) is 10.8. The molecule has 0 amide bonds. The predicted molar refractivity (Wildman–Crippen MR) is 78.3 cm³/mol. The van der Waals surface area contributed by atoms with Crippen molar-refractivity contribution in [2.24, 2.45) is 0 Å². The van der Waals surface area contributed by atoms with Crippen LogP contribution in [0, 0.1) is 13.8 Å². The molecule has 0 aliphatic carbocycles. The molecule has 0 nitrogen and oxygen atoms in total. The summed E-state index contributed by atoms with van der Waals surface area (Å²) in [6, 6.07) is 6.67. The van der Waals surface area contributed by atoms with Gasteiger partial charge in [-0.25, -0.2) is 0 Å². The van der Waals surface area contributed by atoms with Crippen LogP contribution in [0.3, 0.4) is 0 Å². The van der Waals surface area contributed by atoms with E-state index in [1.54, 1.807) is 0 Å². The average Bonchev–Trinajstić information content (AvgIpc) is 2.32. The molecule has 0 atom stereocenters. The third-order valence-corrected chi connectivity index (χ3v) is 3.50. The Bertz CT molecular complexity index is 360. The van der Waals surface area contributed by atoms with Crippen LogP contribution in [-0.2, 0) is 0 Å². The Kier molecular flexibility index (Phi) is 6.04. The number of hydrogen-bond donors (Lipinski definition) is 0. The van der Waals surface area contributed by atoms with Crippen LogP contribution in [0.4, 0.5) is 0 Å². The lowest BCUT2D eigenvalue weighted by Gasteiger charge is -2.08. The minimum Gasteiger partial charge on any atom is -0.0952 e. The number of rotatable bonds is 7. The van der Waals surface area contributed by atoms with Gasteiger partial charge >= 0.3 is 0 Å². The highest BCUT2D eigenvalue weighted by Crippen LogP contribution is 2.22. The van der Waals surface area contributed by atoms with Gasteiger partial charge in [0.1, 0.15) is 0 Å². The van der Waals surface area contributed by atoms with Gasteiger partial charge in [0.05, 0.1) is 0 Å². The van der Waals surface area contributed by atoms with E-state index in [0.717, 1.165) is 6.42 Å². The van der Waals surface area contributed by atoms with E-state index in [0.29, 0.717) is 0 Å². The second kappa shape index (κ2) is 7.32. The van der Waals surface area contributed by atoms with Crippen LogP contribution in [0.2, 0.25) is 0 Å². The van der Waals surface area contributed by atoms with Crippen LogP contribution < -0.4 is 0 Å². The van der Waals surface area contributed by atoms with Gasteiger partial charge in [-0.2, -0.15) is 0 Å². The molecule has 0 aromatic heterocycles. The lowest BCUT2D eigenvalue weighted by atomic mass is 9.97. The minimum absolute atomic E-state index is 1.15. The van der Waals surface area contributed by atoms with Crippen molar-refractivity contribution in [3.05, 3.63) is 41.5 Å². The number of allylic oxidation sites excluding steroid dienone is 1. The second-order valence-electron chi connectivity index (χ2n) is 5.07. The Hall–Kier alpha value is -1.04. The zero-order valence-corrected chi connectivity index (χ0v) is 11.7. The molecule has 0 bridgehead atoms. The highest BCUT2D eigenvalue weighted by atomic mass is 14.1. The maximum atomic E-state index is 4.21. The van der Waals surface area contributed by atoms with E-state index < -0.39 is 0 Å². The van der Waals surface area contributed by atoms with Crippen molar-refractivity contribution in [2.75, 3.05) is 0 Å². The molecular weight excluding hydrogens is 204 g/mol. The zero-order chi connectivity index (χ0) is 12.7. The molecule has 1 aromatic carbocycles. The SMILES string of the molecule is C=C(CCCCCCC)c1ccc(C)c(C)c1. The fourth-order valence-corrected chi connectivity index (χ4v) is 2.05. The lowest BCUT2D eigenvalue weighted by molar-refractivity contribution is 0.640. The van der Waals surface area contributed by atoms with Crippen molar-refractivity contribution < 1.29 is 0 Å². The number of hydrogen-bond acceptors (Lipinski definition) is 0. The molecule has 1 rings (SSSR count). The summed E-state index contributed by atoms with van der Waals surface area (Å²) in [4.78, 5) is 0. The molecule has 0 radical (unpaired) electrons. The molecule has 0 saturated carbocycles. The number of aryl methyl sites for hydroxylation is 2. The monoisotopic (exact) mass is 230 g/mol. The molecule has 0 N–H and O–H groups in total. The van der Waals surface area contributed by atoms with Crippen molar-refractivity contribution in [1.29, 1.82) is 0 Å². The zero-order valence-electron chi connectivity index (χ0n) is 11.7. The van der Waals surface area contributed by atoms with Crippen LogP contribution in [0.15, 0.2) is 24.8 Å². The number of unbranched alkanes of at least 4 members (excludes halogenated alkanes) is 4. The normalized spacial score (nSPS) is 10.5. The van der Waals surface area contributed by atoms with Gasteiger partial charge in [-0.05, 0) is 49.0 Å². The maximum Gasteiger partial charge on any atom is -0.0228 e. The van der Waals surface area contributed by atoms with Crippen molar-refractivity contribution in [2.45, 2.75) is 59.3 Å². The van der Waals surface area contributed by atoms with Gasteiger partial charge in [-0.1, -0.05) is 57.4 Å². The standard InChI is InChI=1S/C17H26/c1-5-6-7-8-9-10-15(3)17-12-11-14(2)16(4)13-17/h11-13H,3,5-10H2,1-2,4H3. The fourth-order valence-electron chi connectivity index (χ4n) is 2.05. The fraction of sp³-hybridized carbons (Fsp3) is 0.529. The van der Waals surface area contributed by atoms with E-state index in [2.05, 4.69) is 45.5 Å². The molecule has 0 heteroatoms. The molecule has 1 aromatic rings. The minimum atomic E-state index is 1.15. The van der Waals surface area contributed by atoms with Crippen LogP contribution in [-0.4, -0.2) is 0 Å². The van der Waals surface area contributed by atoms with E-state index >= 15 is 0 Å². The summed E-state index contributed by atoms with van der Waals surface area (Å²) in [7, 11) is 0. The Balaban J connectivity index is 2.39. The molecule has 94 valence electrons. The van der Waals surface area contributed by atoms with Crippen molar-refractivity contribution in [3.63, 3.8) is 0 Å². The molecule has 17 heavy (non-hydrogen) atoms. The molecule has 0 spiro atoms. The molecule has 0 saturated heterocycles. The third kappa shape index (κ3) is 4.77. The molecular formula is C17H26. The van der Waals surface area contributed by atoms with E-state index in [-0.39, 0.29) is 0 Å². The first-order valence-corrected chi connectivity index (χ1v) is 6.90. The first kappa shape index (κ1) is 14.0. The van der Waals surface area contributed by atoms with E-state index in [9.17, 15) is 0 Å². The van der Waals surface area contributed by atoms with Gasteiger partial charge in [0, 0.05) is 0 Å². The van der Waals surface area contributed by atoms with E-state index in [1.807, 2.05) is 0 Å². The van der Waals surface area contributed by atoms with Crippen molar-refractivity contribution in [1.82, 2.24) is 0 Å². The topological polar surface area (TPSA) is 0 Å². The maximum absolute atomic E-state index is 4.21. The Morgan fingerprint density at radius 3 is 2.35 bits per heavy atom. The summed E-state index contributed by atoms with van der Waals surface area (Å²) in [5.74, 6) is 0. The van der Waals surface area contributed by atoms with Crippen LogP contribution >= 0.6 is 0 Å². The summed E-state index contributed by atoms with van der Waals surface area (Å²) in [5.41, 5.74) is 5.35. The molecule has 0 fully saturated rings. The van der Waals surface area contributed by atoms with Gasteiger partial charge in [0.2, 0.25) is 0 Å². The number of benzene rings is 1. The van der Waals surface area contributed by atoms with Gasteiger partial charge in [-0.15, -0.1) is 0 Å². The van der Waals surface area contributed by atoms with Crippen LogP contribution in [0.5, 0.6) is 0 Å².